The van der Waals surface area contributed by atoms with Crippen LogP contribution in [-0.2, 0) is 0 Å². The van der Waals surface area contributed by atoms with Crippen LogP contribution >= 0.6 is 0 Å². The van der Waals surface area contributed by atoms with Gasteiger partial charge in [0.15, 0.2) is 0 Å². The lowest BCUT2D eigenvalue weighted by atomic mass is 9.79. The number of likely N-dealkylation sites (N-methyl/N-ethyl adjacent to an activating group) is 1. The van der Waals surface area contributed by atoms with Crippen molar-refractivity contribution in [3.8, 4) is 0 Å². The molecule has 2 fully saturated rings. The molecule has 0 aromatic rings. The molecule has 0 aliphatic heterocycles. The average molecular weight is 252 g/mol. The molecule has 2 saturated carbocycles. The van der Waals surface area contributed by atoms with Crippen LogP contribution in [0.3, 0.4) is 0 Å². The SMILES string of the molecule is CCCC1CCC(N)C(N(C)C2CCCCC2)C1. The fraction of sp³-hybridized carbons (Fsp3) is 1.00. The molecule has 106 valence electrons. The van der Waals surface area contributed by atoms with Crippen LogP contribution < -0.4 is 5.73 Å². The topological polar surface area (TPSA) is 29.3 Å². The second kappa shape index (κ2) is 6.91. The third-order valence-electron chi connectivity index (χ3n) is 5.35. The molecule has 2 rings (SSSR count). The van der Waals surface area contributed by atoms with E-state index >= 15 is 0 Å². The van der Waals surface area contributed by atoms with E-state index in [1.165, 1.54) is 64.2 Å². The molecule has 2 N–H and O–H groups in total. The molecular weight excluding hydrogens is 220 g/mol. The number of hydrogen-bond donors (Lipinski definition) is 1. The fourth-order valence-electron chi connectivity index (χ4n) is 4.15. The Bertz CT molecular complexity index is 235. The van der Waals surface area contributed by atoms with Gasteiger partial charge in [-0.3, -0.25) is 4.90 Å². The zero-order chi connectivity index (χ0) is 13.0. The zero-order valence-corrected chi connectivity index (χ0v) is 12.4. The van der Waals surface area contributed by atoms with Crippen molar-refractivity contribution in [3.63, 3.8) is 0 Å². The van der Waals surface area contributed by atoms with Gasteiger partial charge in [-0.25, -0.2) is 0 Å². The van der Waals surface area contributed by atoms with Crippen LogP contribution in [0.4, 0.5) is 0 Å². The quantitative estimate of drug-likeness (QED) is 0.829. The predicted octanol–water partition coefficient (Wildman–Crippen LogP) is 3.55. The van der Waals surface area contributed by atoms with Crippen molar-refractivity contribution in [2.45, 2.75) is 89.3 Å². The Morgan fingerprint density at radius 1 is 1.06 bits per heavy atom. The van der Waals surface area contributed by atoms with E-state index in [1.54, 1.807) is 0 Å². The molecule has 0 aromatic carbocycles. The van der Waals surface area contributed by atoms with Gasteiger partial charge in [-0.2, -0.15) is 0 Å². The first-order valence-corrected chi connectivity index (χ1v) is 8.20. The summed E-state index contributed by atoms with van der Waals surface area (Å²) >= 11 is 0. The van der Waals surface area contributed by atoms with Gasteiger partial charge in [-0.15, -0.1) is 0 Å². The lowest BCUT2D eigenvalue weighted by Crippen LogP contribution is -2.53. The lowest BCUT2D eigenvalue weighted by molar-refractivity contribution is 0.0767. The molecule has 0 spiro atoms. The van der Waals surface area contributed by atoms with Crippen molar-refractivity contribution in [2.24, 2.45) is 11.7 Å². The molecule has 0 heterocycles. The Hall–Kier alpha value is -0.0800. The van der Waals surface area contributed by atoms with Gasteiger partial charge in [0, 0.05) is 18.1 Å². The average Bonchev–Trinajstić information content (AvgIpc) is 2.41. The Morgan fingerprint density at radius 2 is 1.78 bits per heavy atom. The summed E-state index contributed by atoms with van der Waals surface area (Å²) in [6.45, 7) is 2.31. The van der Waals surface area contributed by atoms with E-state index in [2.05, 4.69) is 18.9 Å². The van der Waals surface area contributed by atoms with Gasteiger partial charge in [0.05, 0.1) is 0 Å². The van der Waals surface area contributed by atoms with Crippen molar-refractivity contribution in [2.75, 3.05) is 7.05 Å². The maximum absolute atomic E-state index is 6.40. The highest BCUT2D eigenvalue weighted by Crippen LogP contribution is 2.32. The number of rotatable bonds is 4. The number of nitrogens with two attached hydrogens (primary N) is 1. The van der Waals surface area contributed by atoms with Crippen molar-refractivity contribution in [3.05, 3.63) is 0 Å². The maximum atomic E-state index is 6.40. The Balaban J connectivity index is 1.91. The minimum Gasteiger partial charge on any atom is -0.326 e. The number of nitrogens with zero attached hydrogens (tertiary/aromatic N) is 1. The monoisotopic (exact) mass is 252 g/mol. The lowest BCUT2D eigenvalue weighted by Gasteiger charge is -2.44. The summed E-state index contributed by atoms with van der Waals surface area (Å²) in [6, 6.07) is 1.89. The second-order valence-electron chi connectivity index (χ2n) is 6.66. The van der Waals surface area contributed by atoms with Crippen molar-refractivity contribution < 1.29 is 0 Å². The van der Waals surface area contributed by atoms with Gasteiger partial charge < -0.3 is 5.73 Å². The Labute approximate surface area is 113 Å². The van der Waals surface area contributed by atoms with Crippen molar-refractivity contribution in [1.82, 2.24) is 4.90 Å². The normalized spacial score (nSPS) is 35.0. The van der Waals surface area contributed by atoms with Gasteiger partial charge in [-0.05, 0) is 45.1 Å². The van der Waals surface area contributed by atoms with E-state index in [0.717, 1.165) is 12.0 Å². The zero-order valence-electron chi connectivity index (χ0n) is 12.4. The molecule has 0 saturated heterocycles. The summed E-state index contributed by atoms with van der Waals surface area (Å²) in [4.78, 5) is 2.66. The van der Waals surface area contributed by atoms with Gasteiger partial charge >= 0.3 is 0 Å². The van der Waals surface area contributed by atoms with Crippen LogP contribution in [0.2, 0.25) is 0 Å². The van der Waals surface area contributed by atoms with E-state index < -0.39 is 0 Å². The van der Waals surface area contributed by atoms with Crippen molar-refractivity contribution >= 4 is 0 Å². The molecule has 0 radical (unpaired) electrons. The van der Waals surface area contributed by atoms with Crippen LogP contribution in [0.15, 0.2) is 0 Å². The van der Waals surface area contributed by atoms with E-state index in [9.17, 15) is 0 Å². The van der Waals surface area contributed by atoms with Crippen LogP contribution in [0.25, 0.3) is 0 Å². The maximum Gasteiger partial charge on any atom is 0.0249 e. The summed E-state index contributed by atoms with van der Waals surface area (Å²) in [6.07, 6.45) is 13.8. The van der Waals surface area contributed by atoms with Gasteiger partial charge in [0.25, 0.3) is 0 Å². The van der Waals surface area contributed by atoms with Crippen LogP contribution in [-0.4, -0.2) is 30.1 Å². The molecular formula is C16H32N2. The summed E-state index contributed by atoms with van der Waals surface area (Å²) in [5.74, 6) is 0.936. The molecule has 3 atom stereocenters. The minimum absolute atomic E-state index is 0.421. The molecule has 2 aliphatic carbocycles. The molecule has 2 nitrogen and oxygen atoms in total. The highest BCUT2D eigenvalue weighted by atomic mass is 15.2. The van der Waals surface area contributed by atoms with Gasteiger partial charge in [-0.1, -0.05) is 39.0 Å². The summed E-state index contributed by atoms with van der Waals surface area (Å²) in [5.41, 5.74) is 6.40. The van der Waals surface area contributed by atoms with E-state index in [0.29, 0.717) is 12.1 Å². The Kier molecular flexibility index (Phi) is 5.50. The second-order valence-corrected chi connectivity index (χ2v) is 6.66. The highest BCUT2D eigenvalue weighted by molar-refractivity contribution is 4.91. The molecule has 2 heteroatoms. The number of hydrogen-bond acceptors (Lipinski definition) is 2. The fourth-order valence-corrected chi connectivity index (χ4v) is 4.15. The molecule has 2 aliphatic rings. The molecule has 0 bridgehead atoms. The third-order valence-corrected chi connectivity index (χ3v) is 5.35. The third kappa shape index (κ3) is 3.48. The van der Waals surface area contributed by atoms with Crippen LogP contribution in [0.1, 0.15) is 71.1 Å². The van der Waals surface area contributed by atoms with E-state index in [-0.39, 0.29) is 0 Å². The van der Waals surface area contributed by atoms with Crippen molar-refractivity contribution in [1.29, 1.82) is 0 Å². The van der Waals surface area contributed by atoms with Gasteiger partial charge in [0.2, 0.25) is 0 Å². The first-order valence-electron chi connectivity index (χ1n) is 8.20. The smallest absolute Gasteiger partial charge is 0.0249 e. The summed E-state index contributed by atoms with van der Waals surface area (Å²) in [5, 5.41) is 0. The van der Waals surface area contributed by atoms with Crippen LogP contribution in [0.5, 0.6) is 0 Å². The highest BCUT2D eigenvalue weighted by Gasteiger charge is 2.33. The summed E-state index contributed by atoms with van der Waals surface area (Å²) in [7, 11) is 2.34. The van der Waals surface area contributed by atoms with E-state index in [4.69, 9.17) is 5.73 Å². The predicted molar refractivity (Wildman–Crippen MR) is 78.6 cm³/mol. The molecule has 3 unspecified atom stereocenters. The summed E-state index contributed by atoms with van der Waals surface area (Å²) < 4.78 is 0. The molecule has 18 heavy (non-hydrogen) atoms. The van der Waals surface area contributed by atoms with E-state index in [1.807, 2.05) is 0 Å². The van der Waals surface area contributed by atoms with Gasteiger partial charge in [0.1, 0.15) is 0 Å². The first kappa shape index (κ1) is 14.3. The first-order chi connectivity index (χ1) is 8.72. The standard InChI is InChI=1S/C16H32N2/c1-3-7-13-10-11-15(17)16(12-13)18(2)14-8-5-4-6-9-14/h13-16H,3-12,17H2,1-2H3. The molecule has 0 aromatic heterocycles. The minimum atomic E-state index is 0.421. The molecule has 0 amide bonds. The van der Waals surface area contributed by atoms with Crippen LogP contribution in [0, 0.1) is 5.92 Å². The largest absolute Gasteiger partial charge is 0.326 e. The Morgan fingerprint density at radius 3 is 2.44 bits per heavy atom.